The number of hydrogen-bond acceptors (Lipinski definition) is 6. The second-order valence-corrected chi connectivity index (χ2v) is 9.03. The average Bonchev–Trinajstić information content (AvgIpc) is 2.87. The molecule has 190 valence electrons. The summed E-state index contributed by atoms with van der Waals surface area (Å²) >= 11 is 9.81. The van der Waals surface area contributed by atoms with Gasteiger partial charge in [0.1, 0.15) is 24.5 Å². The zero-order chi connectivity index (χ0) is 26.4. The maximum absolute atomic E-state index is 13.2. The number of barbiturate groups is 1. The van der Waals surface area contributed by atoms with Crippen LogP contribution >= 0.6 is 27.5 Å². The van der Waals surface area contributed by atoms with E-state index in [9.17, 15) is 14.4 Å². The van der Waals surface area contributed by atoms with E-state index in [0.29, 0.717) is 29.4 Å². The van der Waals surface area contributed by atoms with Gasteiger partial charge in [0.15, 0.2) is 11.5 Å². The van der Waals surface area contributed by atoms with Gasteiger partial charge in [-0.3, -0.25) is 14.9 Å². The molecule has 1 fully saturated rings. The molecule has 1 aliphatic heterocycles. The molecule has 8 nitrogen and oxygen atoms in total. The molecule has 4 amide bonds. The molecule has 4 rings (SSSR count). The molecule has 0 aromatic heterocycles. The summed E-state index contributed by atoms with van der Waals surface area (Å²) in [4.78, 5) is 39.0. The van der Waals surface area contributed by atoms with Crippen molar-refractivity contribution in [3.8, 4) is 17.2 Å². The zero-order valence-electron chi connectivity index (χ0n) is 19.7. The monoisotopic (exact) mass is 584 g/mol. The quantitative estimate of drug-likeness (QED) is 0.199. The van der Waals surface area contributed by atoms with E-state index in [1.54, 1.807) is 43.3 Å². The van der Waals surface area contributed by atoms with E-state index >= 15 is 0 Å². The summed E-state index contributed by atoms with van der Waals surface area (Å²) in [5.41, 5.74) is 0.509. The number of carbonyl (C=O) groups excluding carboxylic acids is 3. The van der Waals surface area contributed by atoms with Crippen LogP contribution in [0.3, 0.4) is 0 Å². The number of rotatable bonds is 9. The molecule has 37 heavy (non-hydrogen) atoms. The number of imide groups is 2. The topological polar surface area (TPSA) is 94.2 Å². The van der Waals surface area contributed by atoms with E-state index in [1.807, 2.05) is 30.3 Å². The van der Waals surface area contributed by atoms with Crippen molar-refractivity contribution >= 4 is 57.1 Å². The van der Waals surface area contributed by atoms with Gasteiger partial charge >= 0.3 is 6.03 Å². The van der Waals surface area contributed by atoms with Gasteiger partial charge in [-0.25, -0.2) is 9.69 Å². The number of urea groups is 1. The van der Waals surface area contributed by atoms with Gasteiger partial charge < -0.3 is 14.2 Å². The smallest absolute Gasteiger partial charge is 0.335 e. The summed E-state index contributed by atoms with van der Waals surface area (Å²) in [7, 11) is 0. The van der Waals surface area contributed by atoms with Crippen LogP contribution in [0, 0.1) is 0 Å². The van der Waals surface area contributed by atoms with Crippen molar-refractivity contribution in [1.29, 1.82) is 0 Å². The Morgan fingerprint density at radius 2 is 1.65 bits per heavy atom. The molecule has 10 heteroatoms. The Hall–Kier alpha value is -3.82. The Morgan fingerprint density at radius 3 is 2.35 bits per heavy atom. The second-order valence-electron chi connectivity index (χ2n) is 7.71. The van der Waals surface area contributed by atoms with Crippen molar-refractivity contribution in [2.75, 3.05) is 24.7 Å². The minimum absolute atomic E-state index is 0.209. The lowest BCUT2D eigenvalue weighted by atomic mass is 10.1. The first kappa shape index (κ1) is 26.2. The lowest BCUT2D eigenvalue weighted by Crippen LogP contribution is -2.54. The second kappa shape index (κ2) is 11.9. The van der Waals surface area contributed by atoms with Crippen molar-refractivity contribution in [2.45, 2.75) is 6.92 Å². The van der Waals surface area contributed by atoms with Crippen LogP contribution < -0.4 is 24.4 Å². The van der Waals surface area contributed by atoms with E-state index in [-0.39, 0.29) is 23.8 Å². The van der Waals surface area contributed by atoms with Gasteiger partial charge in [-0.05, 0) is 67.1 Å². The molecule has 0 unspecified atom stereocenters. The van der Waals surface area contributed by atoms with Crippen LogP contribution in [0.25, 0.3) is 6.08 Å². The molecule has 0 radical (unpaired) electrons. The van der Waals surface area contributed by atoms with Crippen LogP contribution in [0.1, 0.15) is 12.5 Å². The van der Waals surface area contributed by atoms with Crippen LogP contribution in [0.5, 0.6) is 17.2 Å². The summed E-state index contributed by atoms with van der Waals surface area (Å²) in [5, 5.41) is 2.43. The Kier molecular flexibility index (Phi) is 8.47. The summed E-state index contributed by atoms with van der Waals surface area (Å²) < 4.78 is 17.9. The number of hydrogen-bond donors (Lipinski definition) is 1. The third-order valence-corrected chi connectivity index (χ3v) is 5.98. The highest BCUT2D eigenvalue weighted by atomic mass is 79.9. The van der Waals surface area contributed by atoms with Crippen molar-refractivity contribution in [3.05, 3.63) is 87.4 Å². The lowest BCUT2D eigenvalue weighted by Gasteiger charge is -2.26. The SMILES string of the molecule is CCOc1cc(C=C2C(=O)NC(=O)N(c3ccc(Br)cc3)C2=O)cc(Cl)c1OCCOc1ccccc1. The summed E-state index contributed by atoms with van der Waals surface area (Å²) in [6.07, 6.45) is 1.35. The van der Waals surface area contributed by atoms with Gasteiger partial charge in [-0.15, -0.1) is 0 Å². The van der Waals surface area contributed by atoms with Crippen LogP contribution in [0.4, 0.5) is 10.5 Å². The molecule has 3 aromatic carbocycles. The van der Waals surface area contributed by atoms with E-state index in [0.717, 1.165) is 15.1 Å². The number of halogens is 2. The van der Waals surface area contributed by atoms with Crippen LogP contribution in [-0.2, 0) is 9.59 Å². The van der Waals surface area contributed by atoms with Crippen LogP contribution in [0.2, 0.25) is 5.02 Å². The minimum atomic E-state index is -0.830. The third-order valence-electron chi connectivity index (χ3n) is 5.17. The highest BCUT2D eigenvalue weighted by Gasteiger charge is 2.36. The number of para-hydroxylation sites is 1. The summed E-state index contributed by atoms with van der Waals surface area (Å²) in [6.45, 7) is 2.63. The van der Waals surface area contributed by atoms with Crippen LogP contribution in [-0.4, -0.2) is 37.7 Å². The highest BCUT2D eigenvalue weighted by Crippen LogP contribution is 2.37. The standard InChI is InChI=1S/C27H22BrClN2O6/c1-2-35-23-16-17(15-22(29)24(23)37-13-12-36-20-6-4-3-5-7-20)14-21-25(32)30-27(34)31(26(21)33)19-10-8-18(28)9-11-19/h3-11,14-16H,2,12-13H2,1H3,(H,30,32,34). The molecular weight excluding hydrogens is 564 g/mol. The molecule has 0 atom stereocenters. The van der Waals surface area contributed by atoms with Crippen molar-refractivity contribution in [2.24, 2.45) is 0 Å². The van der Waals surface area contributed by atoms with E-state index in [4.69, 9.17) is 25.8 Å². The Labute approximate surface area is 226 Å². The molecule has 0 aliphatic carbocycles. The van der Waals surface area contributed by atoms with Crippen molar-refractivity contribution in [3.63, 3.8) is 0 Å². The average molecular weight is 586 g/mol. The number of benzene rings is 3. The van der Waals surface area contributed by atoms with E-state index in [2.05, 4.69) is 21.2 Å². The fourth-order valence-corrected chi connectivity index (χ4v) is 4.08. The first-order valence-electron chi connectivity index (χ1n) is 11.3. The number of amides is 4. The Balaban J connectivity index is 1.56. The van der Waals surface area contributed by atoms with Crippen LogP contribution in [0.15, 0.2) is 76.8 Å². The number of carbonyl (C=O) groups is 3. The predicted molar refractivity (Wildman–Crippen MR) is 143 cm³/mol. The minimum Gasteiger partial charge on any atom is -0.490 e. The van der Waals surface area contributed by atoms with Gasteiger partial charge in [-0.1, -0.05) is 45.7 Å². The third kappa shape index (κ3) is 6.31. The molecular formula is C27H22BrClN2O6. The largest absolute Gasteiger partial charge is 0.490 e. The molecule has 1 heterocycles. The first-order chi connectivity index (χ1) is 17.9. The molecule has 1 N–H and O–H groups in total. The highest BCUT2D eigenvalue weighted by molar-refractivity contribution is 9.10. The van der Waals surface area contributed by atoms with Gasteiger partial charge in [0, 0.05) is 4.47 Å². The van der Waals surface area contributed by atoms with Gasteiger partial charge in [0.2, 0.25) is 0 Å². The fourth-order valence-electron chi connectivity index (χ4n) is 3.54. The Bertz CT molecular complexity index is 1350. The van der Waals surface area contributed by atoms with Gasteiger partial charge in [0.25, 0.3) is 11.8 Å². The first-order valence-corrected chi connectivity index (χ1v) is 12.5. The Morgan fingerprint density at radius 1 is 0.946 bits per heavy atom. The fraction of sp³-hybridized carbons (Fsp3) is 0.148. The lowest BCUT2D eigenvalue weighted by molar-refractivity contribution is -0.122. The number of nitrogens with zero attached hydrogens (tertiary/aromatic N) is 1. The molecule has 1 saturated heterocycles. The predicted octanol–water partition coefficient (Wildman–Crippen LogP) is 5.63. The molecule has 1 aliphatic rings. The number of nitrogens with one attached hydrogen (secondary N) is 1. The van der Waals surface area contributed by atoms with Crippen molar-refractivity contribution < 1.29 is 28.6 Å². The summed E-state index contributed by atoms with van der Waals surface area (Å²) in [5.74, 6) is -0.200. The normalized spacial score (nSPS) is 14.5. The molecule has 3 aromatic rings. The molecule has 0 saturated carbocycles. The van der Waals surface area contributed by atoms with Gasteiger partial charge in [0.05, 0.1) is 17.3 Å². The number of ether oxygens (including phenoxy) is 3. The summed E-state index contributed by atoms with van der Waals surface area (Å²) in [6, 6.07) is 18.2. The maximum Gasteiger partial charge on any atom is 0.335 e. The van der Waals surface area contributed by atoms with E-state index in [1.165, 1.54) is 6.08 Å². The number of anilines is 1. The van der Waals surface area contributed by atoms with E-state index < -0.39 is 17.8 Å². The van der Waals surface area contributed by atoms with Gasteiger partial charge in [-0.2, -0.15) is 0 Å². The van der Waals surface area contributed by atoms with Crippen molar-refractivity contribution in [1.82, 2.24) is 5.32 Å². The molecule has 0 spiro atoms. The molecule has 0 bridgehead atoms. The maximum atomic E-state index is 13.2. The zero-order valence-corrected chi connectivity index (χ0v) is 22.0.